The largest absolute Gasteiger partial charge is 0.281 e. The summed E-state index contributed by atoms with van der Waals surface area (Å²) >= 11 is 5.51. The zero-order valence-corrected chi connectivity index (χ0v) is 11.6. The van der Waals surface area contributed by atoms with E-state index in [0.717, 1.165) is 0 Å². The lowest BCUT2D eigenvalue weighted by molar-refractivity contribution is 0.600. The summed E-state index contributed by atoms with van der Waals surface area (Å²) in [7, 11) is -3.41. The van der Waals surface area contributed by atoms with Crippen molar-refractivity contribution in [3.63, 3.8) is 0 Å². The number of nitrogens with zero attached hydrogens (tertiary/aromatic N) is 3. The molecule has 0 bridgehead atoms. The SMILES string of the molecule is O=S(=O)(CCCCl)Nc1ccccc1-n1cncn1. The minimum absolute atomic E-state index is 0.0117. The van der Waals surface area contributed by atoms with Gasteiger partial charge in [-0.15, -0.1) is 11.6 Å². The minimum Gasteiger partial charge on any atom is -0.281 e. The number of para-hydroxylation sites is 2. The second-order valence-electron chi connectivity index (χ2n) is 3.82. The van der Waals surface area contributed by atoms with Gasteiger partial charge >= 0.3 is 0 Å². The summed E-state index contributed by atoms with van der Waals surface area (Å²) in [4.78, 5) is 3.84. The van der Waals surface area contributed by atoms with Gasteiger partial charge in [0, 0.05) is 5.88 Å². The van der Waals surface area contributed by atoms with Crippen LogP contribution >= 0.6 is 11.6 Å². The molecule has 0 saturated carbocycles. The Morgan fingerprint density at radius 3 is 2.79 bits per heavy atom. The highest BCUT2D eigenvalue weighted by molar-refractivity contribution is 7.92. The average Bonchev–Trinajstić information content (AvgIpc) is 2.90. The van der Waals surface area contributed by atoms with Crippen molar-refractivity contribution < 1.29 is 8.42 Å². The number of aromatic nitrogens is 3. The van der Waals surface area contributed by atoms with Crippen LogP contribution in [0.3, 0.4) is 0 Å². The molecule has 0 atom stereocenters. The minimum atomic E-state index is -3.41. The summed E-state index contributed by atoms with van der Waals surface area (Å²) in [5, 5.41) is 3.99. The Hall–Kier alpha value is -1.60. The van der Waals surface area contributed by atoms with Gasteiger partial charge in [0.15, 0.2) is 0 Å². The second kappa shape index (κ2) is 6.03. The Labute approximate surface area is 116 Å². The van der Waals surface area contributed by atoms with Gasteiger partial charge in [0.2, 0.25) is 10.0 Å². The van der Waals surface area contributed by atoms with Crippen LogP contribution in [0.25, 0.3) is 5.69 Å². The molecule has 6 nitrogen and oxygen atoms in total. The average molecular weight is 301 g/mol. The van der Waals surface area contributed by atoms with Crippen LogP contribution in [0, 0.1) is 0 Å². The van der Waals surface area contributed by atoms with E-state index in [2.05, 4.69) is 14.8 Å². The van der Waals surface area contributed by atoms with Crippen molar-refractivity contribution in [2.45, 2.75) is 6.42 Å². The lowest BCUT2D eigenvalue weighted by atomic mass is 10.3. The van der Waals surface area contributed by atoms with Crippen LogP contribution in [0.2, 0.25) is 0 Å². The Morgan fingerprint density at radius 1 is 1.32 bits per heavy atom. The topological polar surface area (TPSA) is 76.9 Å². The van der Waals surface area contributed by atoms with Crippen molar-refractivity contribution in [3.8, 4) is 5.69 Å². The number of sulfonamides is 1. The summed E-state index contributed by atoms with van der Waals surface area (Å²) in [6, 6.07) is 6.98. The van der Waals surface area contributed by atoms with Crippen LogP contribution in [0.1, 0.15) is 6.42 Å². The van der Waals surface area contributed by atoms with Gasteiger partial charge in [-0.2, -0.15) is 5.10 Å². The van der Waals surface area contributed by atoms with E-state index >= 15 is 0 Å². The van der Waals surface area contributed by atoms with Crippen molar-refractivity contribution in [2.24, 2.45) is 0 Å². The predicted molar refractivity (Wildman–Crippen MR) is 74.1 cm³/mol. The molecule has 0 aliphatic heterocycles. The molecule has 0 radical (unpaired) electrons. The van der Waals surface area contributed by atoms with Gasteiger partial charge < -0.3 is 0 Å². The molecule has 1 N–H and O–H groups in total. The normalized spacial score (nSPS) is 11.4. The number of anilines is 1. The molecule has 1 aromatic carbocycles. The molecule has 2 rings (SSSR count). The lowest BCUT2D eigenvalue weighted by Gasteiger charge is -2.11. The van der Waals surface area contributed by atoms with Crippen LogP contribution < -0.4 is 4.72 Å². The Morgan fingerprint density at radius 2 is 2.11 bits per heavy atom. The van der Waals surface area contributed by atoms with Crippen molar-refractivity contribution in [3.05, 3.63) is 36.9 Å². The van der Waals surface area contributed by atoms with Crippen molar-refractivity contribution in [2.75, 3.05) is 16.4 Å². The smallest absolute Gasteiger partial charge is 0.232 e. The van der Waals surface area contributed by atoms with E-state index in [-0.39, 0.29) is 5.75 Å². The monoisotopic (exact) mass is 300 g/mol. The number of benzene rings is 1. The van der Waals surface area contributed by atoms with Crippen LogP contribution in [0.4, 0.5) is 5.69 Å². The fourth-order valence-corrected chi connectivity index (χ4v) is 2.98. The van der Waals surface area contributed by atoms with Gasteiger partial charge in [-0.3, -0.25) is 4.72 Å². The molecule has 102 valence electrons. The first-order valence-electron chi connectivity index (χ1n) is 5.63. The fraction of sp³-hybridized carbons (Fsp3) is 0.273. The molecule has 0 spiro atoms. The molecule has 0 fully saturated rings. The third-order valence-electron chi connectivity index (χ3n) is 2.38. The molecule has 2 aromatic rings. The number of alkyl halides is 1. The highest BCUT2D eigenvalue weighted by atomic mass is 35.5. The predicted octanol–water partition coefficient (Wildman–Crippen LogP) is 1.64. The van der Waals surface area contributed by atoms with Crippen LogP contribution in [-0.2, 0) is 10.0 Å². The van der Waals surface area contributed by atoms with E-state index in [9.17, 15) is 8.42 Å². The molecular weight excluding hydrogens is 288 g/mol. The van der Waals surface area contributed by atoms with E-state index in [1.54, 1.807) is 24.3 Å². The van der Waals surface area contributed by atoms with Crippen molar-refractivity contribution in [1.29, 1.82) is 0 Å². The van der Waals surface area contributed by atoms with Crippen molar-refractivity contribution in [1.82, 2.24) is 14.8 Å². The quantitative estimate of drug-likeness (QED) is 0.823. The molecule has 8 heteroatoms. The van der Waals surface area contributed by atoms with Crippen LogP contribution in [0.15, 0.2) is 36.9 Å². The number of hydrogen-bond acceptors (Lipinski definition) is 4. The van der Waals surface area contributed by atoms with Crippen molar-refractivity contribution >= 4 is 27.3 Å². The number of halogens is 1. The van der Waals surface area contributed by atoms with Crippen LogP contribution in [0.5, 0.6) is 0 Å². The highest BCUT2D eigenvalue weighted by Crippen LogP contribution is 2.20. The van der Waals surface area contributed by atoms with Gasteiger partial charge in [-0.05, 0) is 18.6 Å². The maximum absolute atomic E-state index is 11.9. The summed E-state index contributed by atoms with van der Waals surface area (Å²) < 4.78 is 27.8. The standard InChI is InChI=1S/C11H13ClN4O2S/c12-6-3-7-19(17,18)15-10-4-1-2-5-11(10)16-9-13-8-14-16/h1-2,4-5,8-9,15H,3,6-7H2. The summed E-state index contributed by atoms with van der Waals surface area (Å²) in [6.07, 6.45) is 3.30. The first-order chi connectivity index (χ1) is 9.12. The van der Waals surface area contributed by atoms with E-state index in [0.29, 0.717) is 23.7 Å². The molecular formula is C11H13ClN4O2S. The first-order valence-corrected chi connectivity index (χ1v) is 7.81. The third kappa shape index (κ3) is 3.68. The number of rotatable bonds is 6. The molecule has 19 heavy (non-hydrogen) atoms. The zero-order valence-electron chi connectivity index (χ0n) is 10.0. The molecule has 0 aliphatic carbocycles. The number of nitrogens with one attached hydrogen (secondary N) is 1. The second-order valence-corrected chi connectivity index (χ2v) is 6.04. The maximum Gasteiger partial charge on any atom is 0.232 e. The van der Waals surface area contributed by atoms with Crippen LogP contribution in [-0.4, -0.2) is 34.8 Å². The Kier molecular flexibility index (Phi) is 4.39. The van der Waals surface area contributed by atoms with Gasteiger partial charge in [-0.1, -0.05) is 12.1 Å². The van der Waals surface area contributed by atoms with Gasteiger partial charge in [0.25, 0.3) is 0 Å². The summed E-state index contributed by atoms with van der Waals surface area (Å²) in [5.74, 6) is 0.299. The fourth-order valence-electron chi connectivity index (χ4n) is 1.56. The highest BCUT2D eigenvalue weighted by Gasteiger charge is 2.13. The van der Waals surface area contributed by atoms with E-state index in [4.69, 9.17) is 11.6 Å². The molecule has 1 aromatic heterocycles. The van der Waals surface area contributed by atoms with Gasteiger partial charge in [0.1, 0.15) is 12.7 Å². The Bertz CT molecular complexity index is 628. The van der Waals surface area contributed by atoms with Gasteiger partial charge in [-0.25, -0.2) is 18.1 Å². The summed E-state index contributed by atoms with van der Waals surface area (Å²) in [5.41, 5.74) is 1.08. The Balaban J connectivity index is 2.26. The molecule has 0 saturated heterocycles. The molecule has 1 heterocycles. The molecule has 0 amide bonds. The zero-order chi connectivity index (χ0) is 13.7. The molecule has 0 aliphatic rings. The van der Waals surface area contributed by atoms with E-state index in [1.165, 1.54) is 17.3 Å². The summed E-state index contributed by atoms with van der Waals surface area (Å²) in [6.45, 7) is 0. The van der Waals surface area contributed by atoms with Gasteiger partial charge in [0.05, 0.1) is 17.1 Å². The number of hydrogen-bond donors (Lipinski definition) is 1. The third-order valence-corrected chi connectivity index (χ3v) is 4.01. The van der Waals surface area contributed by atoms with E-state index in [1.807, 2.05) is 0 Å². The molecule has 0 unspecified atom stereocenters. The van der Waals surface area contributed by atoms with E-state index < -0.39 is 10.0 Å². The lowest BCUT2D eigenvalue weighted by Crippen LogP contribution is -2.18. The maximum atomic E-state index is 11.9. The first kappa shape index (κ1) is 13.8.